The average molecular weight is 352 g/mol. The molecular formula is C17H22BrNS. The number of hydrogen-bond acceptors (Lipinski definition) is 2. The molecule has 2 rings (SSSR count). The summed E-state index contributed by atoms with van der Waals surface area (Å²) in [6, 6.07) is 7.12. The van der Waals surface area contributed by atoms with Crippen molar-refractivity contribution in [1.82, 2.24) is 5.32 Å². The number of benzene rings is 1. The maximum Gasteiger partial charge on any atom is 0.0380 e. The van der Waals surface area contributed by atoms with Gasteiger partial charge in [0, 0.05) is 15.9 Å². The van der Waals surface area contributed by atoms with Crippen LogP contribution in [0.4, 0.5) is 0 Å². The molecule has 0 saturated carbocycles. The van der Waals surface area contributed by atoms with Crippen LogP contribution in [0.25, 0.3) is 0 Å². The van der Waals surface area contributed by atoms with E-state index in [9.17, 15) is 0 Å². The molecule has 0 saturated heterocycles. The Labute approximate surface area is 134 Å². The minimum atomic E-state index is 0.385. The van der Waals surface area contributed by atoms with Gasteiger partial charge in [0.25, 0.3) is 0 Å². The smallest absolute Gasteiger partial charge is 0.0380 e. The van der Waals surface area contributed by atoms with Crippen LogP contribution < -0.4 is 5.32 Å². The first-order valence-electron chi connectivity index (χ1n) is 7.13. The zero-order valence-electron chi connectivity index (χ0n) is 12.4. The lowest BCUT2D eigenvalue weighted by Gasteiger charge is -2.20. The number of nitrogens with one attached hydrogen (secondary N) is 1. The molecular weight excluding hydrogens is 330 g/mol. The zero-order valence-corrected chi connectivity index (χ0v) is 14.8. The molecule has 20 heavy (non-hydrogen) atoms. The molecule has 0 aliphatic carbocycles. The fourth-order valence-corrected chi connectivity index (χ4v) is 4.02. The van der Waals surface area contributed by atoms with E-state index in [2.05, 4.69) is 71.0 Å². The first kappa shape index (κ1) is 15.7. The van der Waals surface area contributed by atoms with E-state index in [0.717, 1.165) is 19.4 Å². The van der Waals surface area contributed by atoms with E-state index in [1.807, 2.05) is 0 Å². The molecule has 1 aromatic heterocycles. The summed E-state index contributed by atoms with van der Waals surface area (Å²) in [4.78, 5) is 0. The number of aryl methyl sites for hydroxylation is 2. The van der Waals surface area contributed by atoms with Gasteiger partial charge in [-0.2, -0.15) is 11.3 Å². The third kappa shape index (κ3) is 3.94. The van der Waals surface area contributed by atoms with Gasteiger partial charge in [-0.1, -0.05) is 30.7 Å². The van der Waals surface area contributed by atoms with E-state index in [-0.39, 0.29) is 0 Å². The second-order valence-corrected chi connectivity index (χ2v) is 6.91. The number of thiophene rings is 1. The largest absolute Gasteiger partial charge is 0.310 e. The van der Waals surface area contributed by atoms with Gasteiger partial charge in [-0.05, 0) is 71.2 Å². The lowest BCUT2D eigenvalue weighted by Crippen LogP contribution is -2.24. The van der Waals surface area contributed by atoms with E-state index < -0.39 is 0 Å². The molecule has 3 heteroatoms. The maximum atomic E-state index is 3.68. The minimum Gasteiger partial charge on any atom is -0.310 e. The summed E-state index contributed by atoms with van der Waals surface area (Å²) in [5.74, 6) is 0. The quantitative estimate of drug-likeness (QED) is 0.733. The highest BCUT2D eigenvalue weighted by molar-refractivity contribution is 9.10. The molecule has 1 N–H and O–H groups in total. The van der Waals surface area contributed by atoms with Crippen LogP contribution in [0.3, 0.4) is 0 Å². The molecule has 108 valence electrons. The van der Waals surface area contributed by atoms with Gasteiger partial charge in [-0.25, -0.2) is 0 Å². The van der Waals surface area contributed by atoms with E-state index in [4.69, 9.17) is 0 Å². The highest BCUT2D eigenvalue weighted by atomic mass is 79.9. The predicted molar refractivity (Wildman–Crippen MR) is 92.7 cm³/mol. The summed E-state index contributed by atoms with van der Waals surface area (Å²) in [7, 11) is 0. The molecule has 1 atom stereocenters. The van der Waals surface area contributed by atoms with E-state index >= 15 is 0 Å². The van der Waals surface area contributed by atoms with Gasteiger partial charge in [0.2, 0.25) is 0 Å². The second-order valence-electron chi connectivity index (χ2n) is 5.32. The first-order valence-corrected chi connectivity index (χ1v) is 8.86. The number of hydrogen-bond donors (Lipinski definition) is 1. The number of rotatable bonds is 6. The molecule has 0 bridgehead atoms. The summed E-state index contributed by atoms with van der Waals surface area (Å²) in [5, 5.41) is 8.10. The van der Waals surface area contributed by atoms with Crippen molar-refractivity contribution in [1.29, 1.82) is 0 Å². The Bertz CT molecular complexity index is 562. The topological polar surface area (TPSA) is 12.0 Å². The maximum absolute atomic E-state index is 3.68. The van der Waals surface area contributed by atoms with Crippen molar-refractivity contribution in [2.45, 2.75) is 39.7 Å². The van der Waals surface area contributed by atoms with Gasteiger partial charge in [0.05, 0.1) is 0 Å². The van der Waals surface area contributed by atoms with Gasteiger partial charge in [0.1, 0.15) is 0 Å². The van der Waals surface area contributed by atoms with Crippen molar-refractivity contribution in [2.24, 2.45) is 0 Å². The molecule has 2 aromatic rings. The molecule has 1 aromatic carbocycles. The van der Waals surface area contributed by atoms with Gasteiger partial charge < -0.3 is 5.32 Å². The molecule has 0 amide bonds. The van der Waals surface area contributed by atoms with E-state index in [1.54, 1.807) is 11.3 Å². The lowest BCUT2D eigenvalue weighted by atomic mass is 9.96. The Morgan fingerprint density at radius 1 is 1.25 bits per heavy atom. The summed E-state index contributed by atoms with van der Waals surface area (Å²) in [6.45, 7) is 7.63. The lowest BCUT2D eigenvalue weighted by molar-refractivity contribution is 0.528. The van der Waals surface area contributed by atoms with Crippen LogP contribution in [-0.2, 0) is 6.42 Å². The fourth-order valence-electron chi connectivity index (χ4n) is 2.39. The highest BCUT2D eigenvalue weighted by Gasteiger charge is 2.16. The molecule has 0 spiro atoms. The van der Waals surface area contributed by atoms with Gasteiger partial charge in [-0.15, -0.1) is 0 Å². The van der Waals surface area contributed by atoms with Crippen molar-refractivity contribution in [3.8, 4) is 0 Å². The molecule has 0 radical (unpaired) electrons. The van der Waals surface area contributed by atoms with E-state index in [0.29, 0.717) is 6.04 Å². The third-order valence-electron chi connectivity index (χ3n) is 3.59. The Balaban J connectivity index is 2.23. The van der Waals surface area contributed by atoms with Crippen LogP contribution in [0.2, 0.25) is 0 Å². The summed E-state index contributed by atoms with van der Waals surface area (Å²) in [5.41, 5.74) is 5.54. The van der Waals surface area contributed by atoms with Gasteiger partial charge in [0.15, 0.2) is 0 Å². The van der Waals surface area contributed by atoms with Crippen molar-refractivity contribution < 1.29 is 0 Å². The first-order chi connectivity index (χ1) is 9.61. The highest BCUT2D eigenvalue weighted by Crippen LogP contribution is 2.30. The Kier molecular flexibility index (Phi) is 5.82. The Morgan fingerprint density at radius 2 is 2.05 bits per heavy atom. The Hall–Kier alpha value is -0.640. The Morgan fingerprint density at radius 3 is 2.70 bits per heavy atom. The van der Waals surface area contributed by atoms with Crippen molar-refractivity contribution in [3.05, 3.63) is 55.7 Å². The van der Waals surface area contributed by atoms with Crippen LogP contribution in [-0.4, -0.2) is 6.54 Å². The molecule has 1 heterocycles. The van der Waals surface area contributed by atoms with Crippen LogP contribution in [0, 0.1) is 13.8 Å². The number of halogens is 1. The SMILES string of the molecule is CCCNC(Cc1cc(C)ccc1C)c1cscc1Br. The third-order valence-corrected chi connectivity index (χ3v) is 5.34. The van der Waals surface area contributed by atoms with Gasteiger partial charge in [-0.3, -0.25) is 0 Å². The fraction of sp³-hybridized carbons (Fsp3) is 0.412. The predicted octanol–water partition coefficient (Wildman–Crippen LogP) is 5.41. The molecule has 1 unspecified atom stereocenters. The molecule has 1 nitrogen and oxygen atoms in total. The van der Waals surface area contributed by atoms with Gasteiger partial charge >= 0.3 is 0 Å². The van der Waals surface area contributed by atoms with Crippen LogP contribution in [0.5, 0.6) is 0 Å². The van der Waals surface area contributed by atoms with Crippen LogP contribution in [0.1, 0.15) is 41.6 Å². The molecule has 0 aliphatic heterocycles. The van der Waals surface area contributed by atoms with Crippen molar-refractivity contribution >= 4 is 27.3 Å². The molecule has 0 fully saturated rings. The standard InChI is InChI=1S/C17H22BrNS/c1-4-7-19-17(15-10-20-11-16(15)18)9-14-8-12(2)5-6-13(14)3/h5-6,8,10-11,17,19H,4,7,9H2,1-3H3. The van der Waals surface area contributed by atoms with Crippen molar-refractivity contribution in [2.75, 3.05) is 6.54 Å². The van der Waals surface area contributed by atoms with Crippen molar-refractivity contribution in [3.63, 3.8) is 0 Å². The normalized spacial score (nSPS) is 12.6. The van der Waals surface area contributed by atoms with Crippen LogP contribution >= 0.6 is 27.3 Å². The zero-order chi connectivity index (χ0) is 14.5. The second kappa shape index (κ2) is 7.39. The summed E-state index contributed by atoms with van der Waals surface area (Å²) >= 11 is 5.43. The summed E-state index contributed by atoms with van der Waals surface area (Å²) < 4.78 is 1.22. The summed E-state index contributed by atoms with van der Waals surface area (Å²) in [6.07, 6.45) is 2.20. The van der Waals surface area contributed by atoms with Crippen LogP contribution in [0.15, 0.2) is 33.4 Å². The monoisotopic (exact) mass is 351 g/mol. The minimum absolute atomic E-state index is 0.385. The average Bonchev–Trinajstić information content (AvgIpc) is 2.84. The van der Waals surface area contributed by atoms with E-state index in [1.165, 1.54) is 26.7 Å². The molecule has 0 aliphatic rings.